The highest BCUT2D eigenvalue weighted by atomic mass is 16.6. The summed E-state index contributed by atoms with van der Waals surface area (Å²) in [5.41, 5.74) is 0. The van der Waals surface area contributed by atoms with Gasteiger partial charge < -0.3 is 14.2 Å². The van der Waals surface area contributed by atoms with E-state index >= 15 is 0 Å². The van der Waals surface area contributed by atoms with E-state index < -0.39 is 6.10 Å². The molecule has 0 saturated carbocycles. The normalized spacial score (nSPS) is 12.1. The van der Waals surface area contributed by atoms with Gasteiger partial charge in [0.25, 0.3) is 0 Å². The molecule has 1 atom stereocenters. The first-order chi connectivity index (χ1) is 34.0. The summed E-state index contributed by atoms with van der Waals surface area (Å²) < 4.78 is 16.9. The molecule has 0 aliphatic rings. The smallest absolute Gasteiger partial charge is 0.306 e. The lowest BCUT2D eigenvalue weighted by Gasteiger charge is -2.18. The second-order valence-corrected chi connectivity index (χ2v) is 21.0. The molecule has 0 saturated heterocycles. The third-order valence-corrected chi connectivity index (χ3v) is 13.9. The minimum Gasteiger partial charge on any atom is -0.462 e. The monoisotopic (exact) mass is 971 g/mol. The van der Waals surface area contributed by atoms with Gasteiger partial charge in [-0.25, -0.2) is 0 Å². The zero-order valence-electron chi connectivity index (χ0n) is 46.6. The topological polar surface area (TPSA) is 78.9 Å². The molecule has 0 aromatic carbocycles. The van der Waals surface area contributed by atoms with Gasteiger partial charge in [0.05, 0.1) is 0 Å². The molecule has 6 nitrogen and oxygen atoms in total. The van der Waals surface area contributed by atoms with Gasteiger partial charge in [-0.05, 0) is 44.9 Å². The molecule has 0 spiro atoms. The van der Waals surface area contributed by atoms with Gasteiger partial charge in [-0.3, -0.25) is 14.4 Å². The standard InChI is InChI=1S/C63H118O6/c1-4-7-10-13-16-19-22-25-26-27-28-29-30-31-32-33-34-35-36-39-41-44-47-50-53-56-62(65)68-59-60(69-63(66)57-54-51-48-45-42-38-24-21-18-15-12-9-6-3)58-67-61(64)55-52-49-46-43-40-37-23-20-17-14-11-8-5-2/h12,15,21,24,60H,4-11,13-14,16-20,22-23,25-59H2,1-3H3/b15-12-,24-21-. The fourth-order valence-corrected chi connectivity index (χ4v) is 9.31. The summed E-state index contributed by atoms with van der Waals surface area (Å²) in [5, 5.41) is 0. The Hall–Kier alpha value is -2.11. The highest BCUT2D eigenvalue weighted by Crippen LogP contribution is 2.18. The summed E-state index contributed by atoms with van der Waals surface area (Å²) in [4.78, 5) is 38.1. The van der Waals surface area contributed by atoms with Gasteiger partial charge in [0.1, 0.15) is 13.2 Å². The van der Waals surface area contributed by atoms with Crippen molar-refractivity contribution in [3.05, 3.63) is 24.3 Å². The van der Waals surface area contributed by atoms with E-state index in [-0.39, 0.29) is 31.1 Å². The molecular formula is C63H118O6. The Morgan fingerprint density at radius 2 is 0.551 bits per heavy atom. The second-order valence-electron chi connectivity index (χ2n) is 21.0. The van der Waals surface area contributed by atoms with Gasteiger partial charge in [-0.15, -0.1) is 0 Å². The maximum Gasteiger partial charge on any atom is 0.306 e. The zero-order valence-corrected chi connectivity index (χ0v) is 46.6. The van der Waals surface area contributed by atoms with Crippen molar-refractivity contribution in [2.75, 3.05) is 13.2 Å². The van der Waals surface area contributed by atoms with E-state index in [0.29, 0.717) is 19.3 Å². The summed E-state index contributed by atoms with van der Waals surface area (Å²) in [7, 11) is 0. The molecule has 0 bridgehead atoms. The van der Waals surface area contributed by atoms with Crippen molar-refractivity contribution in [3.63, 3.8) is 0 Å². The van der Waals surface area contributed by atoms with Crippen LogP contribution in [0.2, 0.25) is 0 Å². The van der Waals surface area contributed by atoms with Crippen LogP contribution in [0.1, 0.15) is 342 Å². The molecule has 0 fully saturated rings. The van der Waals surface area contributed by atoms with Gasteiger partial charge in [0.2, 0.25) is 0 Å². The maximum absolute atomic E-state index is 12.8. The van der Waals surface area contributed by atoms with Crippen LogP contribution < -0.4 is 0 Å². The molecule has 0 rings (SSSR count). The van der Waals surface area contributed by atoms with Crippen molar-refractivity contribution >= 4 is 17.9 Å². The van der Waals surface area contributed by atoms with Crippen LogP contribution >= 0.6 is 0 Å². The summed E-state index contributed by atoms with van der Waals surface area (Å²) in [6, 6.07) is 0. The lowest BCUT2D eigenvalue weighted by atomic mass is 10.0. The summed E-state index contributed by atoms with van der Waals surface area (Å²) in [6.45, 7) is 6.62. The van der Waals surface area contributed by atoms with Gasteiger partial charge in [-0.1, -0.05) is 302 Å². The van der Waals surface area contributed by atoms with E-state index in [1.165, 1.54) is 212 Å². The van der Waals surface area contributed by atoms with Crippen LogP contribution in [0.4, 0.5) is 0 Å². The number of esters is 3. The number of hydrogen-bond acceptors (Lipinski definition) is 6. The van der Waals surface area contributed by atoms with Crippen molar-refractivity contribution in [2.24, 2.45) is 0 Å². The van der Waals surface area contributed by atoms with Crippen molar-refractivity contribution in [3.8, 4) is 0 Å². The van der Waals surface area contributed by atoms with Crippen LogP contribution in [0.15, 0.2) is 24.3 Å². The third kappa shape index (κ3) is 56.7. The highest BCUT2D eigenvalue weighted by Gasteiger charge is 2.19. The lowest BCUT2D eigenvalue weighted by molar-refractivity contribution is -0.167. The van der Waals surface area contributed by atoms with Crippen LogP contribution in [0.25, 0.3) is 0 Å². The summed E-state index contributed by atoms with van der Waals surface area (Å²) in [5.74, 6) is -0.863. The molecule has 0 aliphatic heterocycles. The first-order valence-electron chi connectivity index (χ1n) is 30.8. The SMILES string of the molecule is CCC/C=C\C/C=C\CCCCCCCC(=O)OC(COC(=O)CCCCCCCCCCCCCCC)COC(=O)CCCCCCCCCCCCCCCCCCCCCCCCCCC. The maximum atomic E-state index is 12.8. The first kappa shape index (κ1) is 66.9. The van der Waals surface area contributed by atoms with E-state index in [4.69, 9.17) is 14.2 Å². The minimum atomic E-state index is -0.773. The van der Waals surface area contributed by atoms with Crippen LogP contribution in [-0.4, -0.2) is 37.2 Å². The molecular weight excluding hydrogens is 853 g/mol. The molecule has 406 valence electrons. The number of unbranched alkanes of at least 4 members (excludes halogenated alkanes) is 42. The van der Waals surface area contributed by atoms with E-state index in [2.05, 4.69) is 45.1 Å². The average Bonchev–Trinajstić information content (AvgIpc) is 3.35. The van der Waals surface area contributed by atoms with E-state index in [0.717, 1.165) is 89.9 Å². The Morgan fingerprint density at radius 1 is 0.290 bits per heavy atom. The Labute approximate surface area is 430 Å². The van der Waals surface area contributed by atoms with E-state index in [9.17, 15) is 14.4 Å². The Balaban J connectivity index is 4.18. The van der Waals surface area contributed by atoms with Crippen LogP contribution in [-0.2, 0) is 28.6 Å². The number of ether oxygens (including phenoxy) is 3. The molecule has 0 N–H and O–H groups in total. The fraction of sp³-hybridized carbons (Fsp3) is 0.889. The first-order valence-corrected chi connectivity index (χ1v) is 30.8. The molecule has 0 aliphatic carbocycles. The number of allylic oxidation sites excluding steroid dienone is 4. The molecule has 6 heteroatoms. The number of hydrogen-bond donors (Lipinski definition) is 0. The number of rotatable bonds is 57. The number of carbonyl (C=O) groups excluding carboxylic acids is 3. The van der Waals surface area contributed by atoms with Gasteiger partial charge in [0, 0.05) is 19.3 Å². The molecule has 69 heavy (non-hydrogen) atoms. The van der Waals surface area contributed by atoms with Crippen LogP contribution in [0.3, 0.4) is 0 Å². The average molecular weight is 972 g/mol. The van der Waals surface area contributed by atoms with Crippen molar-refractivity contribution in [1.82, 2.24) is 0 Å². The molecule has 0 radical (unpaired) electrons. The largest absolute Gasteiger partial charge is 0.462 e. The molecule has 0 heterocycles. The Morgan fingerprint density at radius 3 is 0.855 bits per heavy atom. The lowest BCUT2D eigenvalue weighted by Crippen LogP contribution is -2.30. The van der Waals surface area contributed by atoms with Gasteiger partial charge in [0.15, 0.2) is 6.10 Å². The zero-order chi connectivity index (χ0) is 50.0. The summed E-state index contributed by atoms with van der Waals surface area (Å²) in [6.07, 6.45) is 69.1. The predicted octanol–water partition coefficient (Wildman–Crippen LogP) is 20.7. The summed E-state index contributed by atoms with van der Waals surface area (Å²) >= 11 is 0. The van der Waals surface area contributed by atoms with Crippen LogP contribution in [0.5, 0.6) is 0 Å². The minimum absolute atomic E-state index is 0.0715. The second kappa shape index (κ2) is 58.5. The number of carbonyl (C=O) groups is 3. The van der Waals surface area contributed by atoms with Crippen molar-refractivity contribution in [2.45, 2.75) is 348 Å². The molecule has 0 aromatic rings. The molecule has 1 unspecified atom stereocenters. The predicted molar refractivity (Wildman–Crippen MR) is 298 cm³/mol. The van der Waals surface area contributed by atoms with Crippen LogP contribution in [0, 0.1) is 0 Å². The third-order valence-electron chi connectivity index (χ3n) is 13.9. The highest BCUT2D eigenvalue weighted by molar-refractivity contribution is 5.71. The van der Waals surface area contributed by atoms with E-state index in [1.54, 1.807) is 0 Å². The van der Waals surface area contributed by atoms with Crippen molar-refractivity contribution in [1.29, 1.82) is 0 Å². The van der Waals surface area contributed by atoms with Gasteiger partial charge >= 0.3 is 17.9 Å². The van der Waals surface area contributed by atoms with E-state index in [1.807, 2.05) is 0 Å². The fourth-order valence-electron chi connectivity index (χ4n) is 9.31. The van der Waals surface area contributed by atoms with Gasteiger partial charge in [-0.2, -0.15) is 0 Å². The molecule has 0 aromatic heterocycles. The Bertz CT molecular complexity index is 1110. The quantitative estimate of drug-likeness (QED) is 0.0261. The Kier molecular flexibility index (Phi) is 56.7. The van der Waals surface area contributed by atoms with Crippen molar-refractivity contribution < 1.29 is 28.6 Å². The molecule has 0 amide bonds.